The van der Waals surface area contributed by atoms with Crippen molar-refractivity contribution in [3.05, 3.63) is 76.9 Å². The number of rotatable bonds is 11. The number of carbonyl (C=O) groups excluding carboxylic acids is 3. The zero-order chi connectivity index (χ0) is 32.8. The van der Waals surface area contributed by atoms with Crippen LogP contribution in [0.4, 0.5) is 0 Å². The maximum absolute atomic E-state index is 14.1. The molecule has 0 bridgehead atoms. The van der Waals surface area contributed by atoms with Crippen molar-refractivity contribution in [2.45, 2.75) is 33.7 Å². The number of allylic oxidation sites excluding steroid dienone is 1. The molecule has 2 heterocycles. The Labute approximate surface area is 270 Å². The van der Waals surface area contributed by atoms with Crippen LogP contribution in [0.25, 0.3) is 6.08 Å². The van der Waals surface area contributed by atoms with Gasteiger partial charge in [0.25, 0.3) is 5.56 Å². The first kappa shape index (κ1) is 33.5. The number of ether oxygens (including phenoxy) is 6. The topological polar surface area (TPSA) is 141 Å². The summed E-state index contributed by atoms with van der Waals surface area (Å²) in [5, 5.41) is 0. The Morgan fingerprint density at radius 2 is 1.80 bits per heavy atom. The van der Waals surface area contributed by atoms with E-state index in [1.807, 2.05) is 0 Å². The molecule has 1 aromatic heterocycles. The van der Waals surface area contributed by atoms with Crippen LogP contribution in [0.3, 0.4) is 0 Å². The molecule has 0 radical (unpaired) electrons. The molecule has 3 aromatic rings. The van der Waals surface area contributed by atoms with Crippen molar-refractivity contribution in [2.75, 3.05) is 34.0 Å². The van der Waals surface area contributed by atoms with Gasteiger partial charge in [0.2, 0.25) is 0 Å². The predicted molar refractivity (Wildman–Crippen MR) is 168 cm³/mol. The summed E-state index contributed by atoms with van der Waals surface area (Å²) in [5.41, 5.74) is 1.30. The van der Waals surface area contributed by atoms with E-state index in [-0.39, 0.29) is 42.6 Å². The Balaban J connectivity index is 1.90. The van der Waals surface area contributed by atoms with Crippen LogP contribution in [-0.2, 0) is 23.9 Å². The van der Waals surface area contributed by atoms with Crippen LogP contribution < -0.4 is 33.8 Å². The van der Waals surface area contributed by atoms with Crippen molar-refractivity contribution in [1.82, 2.24) is 4.57 Å². The molecule has 0 N–H and O–H groups in total. The van der Waals surface area contributed by atoms with Crippen molar-refractivity contribution < 1.29 is 42.8 Å². The van der Waals surface area contributed by atoms with Gasteiger partial charge in [-0.05, 0) is 78.2 Å². The Morgan fingerprint density at radius 1 is 1.04 bits per heavy atom. The largest absolute Gasteiger partial charge is 0.493 e. The summed E-state index contributed by atoms with van der Waals surface area (Å²) in [6, 6.07) is 7.36. The lowest BCUT2D eigenvalue weighted by Crippen LogP contribution is -2.40. The van der Waals surface area contributed by atoms with Crippen LogP contribution >= 0.6 is 27.3 Å². The third-order valence-electron chi connectivity index (χ3n) is 6.47. The first-order chi connectivity index (χ1) is 21.5. The fourth-order valence-corrected chi connectivity index (χ4v) is 6.19. The van der Waals surface area contributed by atoms with E-state index in [1.54, 1.807) is 57.2 Å². The van der Waals surface area contributed by atoms with Crippen molar-refractivity contribution in [3.63, 3.8) is 0 Å². The lowest BCUT2D eigenvalue weighted by atomic mass is 9.95. The summed E-state index contributed by atoms with van der Waals surface area (Å²) in [7, 11) is 2.70. The Kier molecular flexibility index (Phi) is 10.8. The molecule has 1 atom stereocenters. The zero-order valence-electron chi connectivity index (χ0n) is 25.4. The van der Waals surface area contributed by atoms with E-state index in [4.69, 9.17) is 23.7 Å². The maximum atomic E-state index is 14.1. The number of benzene rings is 2. The summed E-state index contributed by atoms with van der Waals surface area (Å²) in [6.45, 7) is 6.53. The second kappa shape index (κ2) is 14.6. The minimum atomic E-state index is -0.913. The van der Waals surface area contributed by atoms with Gasteiger partial charge in [0.1, 0.15) is 0 Å². The van der Waals surface area contributed by atoms with Gasteiger partial charge in [0.15, 0.2) is 34.4 Å². The van der Waals surface area contributed by atoms with Crippen molar-refractivity contribution in [2.24, 2.45) is 4.99 Å². The molecule has 0 saturated carbocycles. The second-order valence-electron chi connectivity index (χ2n) is 9.43. The molecule has 0 saturated heterocycles. The molecule has 14 heteroatoms. The van der Waals surface area contributed by atoms with Gasteiger partial charge in [-0.3, -0.25) is 14.2 Å². The van der Waals surface area contributed by atoms with Crippen LogP contribution in [-0.4, -0.2) is 56.5 Å². The SMILES string of the molecule is CCOC(=O)C1=C(C)N=c2s/c(=C/c3cc(Br)c(OC(C)=O)c(OC)c3)c(=O)n2[C@H]1c1ccc(OCC(=O)OC)c(OCC)c1. The molecule has 45 heavy (non-hydrogen) atoms. The molecular formula is C31H31BrN2O10S. The van der Waals surface area contributed by atoms with E-state index < -0.39 is 29.5 Å². The van der Waals surface area contributed by atoms with Gasteiger partial charge in [0, 0.05) is 6.92 Å². The lowest BCUT2D eigenvalue weighted by Gasteiger charge is -2.25. The fourth-order valence-electron chi connectivity index (χ4n) is 4.60. The van der Waals surface area contributed by atoms with Gasteiger partial charge in [-0.1, -0.05) is 17.4 Å². The van der Waals surface area contributed by atoms with Crippen LogP contribution in [0, 0.1) is 0 Å². The highest BCUT2D eigenvalue weighted by atomic mass is 79.9. The van der Waals surface area contributed by atoms with Crippen LogP contribution in [0.15, 0.2) is 55.9 Å². The number of halogens is 1. The molecule has 0 fully saturated rings. The number of thiazole rings is 1. The van der Waals surface area contributed by atoms with Gasteiger partial charge < -0.3 is 28.4 Å². The van der Waals surface area contributed by atoms with Gasteiger partial charge in [-0.15, -0.1) is 0 Å². The van der Waals surface area contributed by atoms with E-state index >= 15 is 0 Å². The van der Waals surface area contributed by atoms with Crippen LogP contribution in [0.5, 0.6) is 23.0 Å². The van der Waals surface area contributed by atoms with Crippen LogP contribution in [0.2, 0.25) is 0 Å². The summed E-state index contributed by atoms with van der Waals surface area (Å²) in [6.07, 6.45) is 1.66. The van der Waals surface area contributed by atoms with Crippen molar-refractivity contribution in [1.29, 1.82) is 0 Å². The summed E-state index contributed by atoms with van der Waals surface area (Å²) in [4.78, 5) is 55.6. The highest BCUT2D eigenvalue weighted by Gasteiger charge is 2.34. The predicted octanol–water partition coefficient (Wildman–Crippen LogP) is 3.45. The summed E-state index contributed by atoms with van der Waals surface area (Å²) >= 11 is 4.55. The van der Waals surface area contributed by atoms with Crippen molar-refractivity contribution >= 4 is 51.3 Å². The highest BCUT2D eigenvalue weighted by Crippen LogP contribution is 2.38. The molecule has 1 aliphatic heterocycles. The third-order valence-corrected chi connectivity index (χ3v) is 8.04. The van der Waals surface area contributed by atoms with Gasteiger partial charge in [0.05, 0.1) is 53.8 Å². The molecule has 2 aromatic carbocycles. The monoisotopic (exact) mass is 702 g/mol. The zero-order valence-corrected chi connectivity index (χ0v) is 27.8. The summed E-state index contributed by atoms with van der Waals surface area (Å²) in [5.74, 6) is -0.604. The van der Waals surface area contributed by atoms with E-state index in [0.29, 0.717) is 36.4 Å². The number of esters is 3. The molecule has 0 amide bonds. The van der Waals surface area contributed by atoms with E-state index in [2.05, 4.69) is 25.7 Å². The quantitative estimate of drug-likeness (QED) is 0.216. The minimum Gasteiger partial charge on any atom is -0.493 e. The second-order valence-corrected chi connectivity index (χ2v) is 11.3. The Bertz CT molecular complexity index is 1860. The van der Waals surface area contributed by atoms with E-state index in [9.17, 15) is 19.2 Å². The normalized spacial score (nSPS) is 14.3. The molecule has 0 unspecified atom stereocenters. The Morgan fingerprint density at radius 3 is 2.44 bits per heavy atom. The van der Waals surface area contributed by atoms with Crippen molar-refractivity contribution in [3.8, 4) is 23.0 Å². The maximum Gasteiger partial charge on any atom is 0.343 e. The number of carbonyl (C=O) groups is 3. The number of hydrogen-bond acceptors (Lipinski definition) is 12. The molecule has 0 spiro atoms. The van der Waals surface area contributed by atoms with Crippen LogP contribution in [0.1, 0.15) is 44.9 Å². The Hall–Kier alpha value is -4.43. The van der Waals surface area contributed by atoms with Gasteiger partial charge in [-0.25, -0.2) is 14.6 Å². The smallest absolute Gasteiger partial charge is 0.343 e. The number of aromatic nitrogens is 1. The number of hydrogen-bond donors (Lipinski definition) is 0. The lowest BCUT2D eigenvalue weighted by molar-refractivity contribution is -0.143. The third kappa shape index (κ3) is 7.28. The molecule has 4 rings (SSSR count). The minimum absolute atomic E-state index is 0.122. The fraction of sp³-hybridized carbons (Fsp3) is 0.323. The molecule has 12 nitrogen and oxygen atoms in total. The van der Waals surface area contributed by atoms with E-state index in [0.717, 1.165) is 11.3 Å². The number of nitrogens with zero attached hydrogens (tertiary/aromatic N) is 2. The van der Waals surface area contributed by atoms with Gasteiger partial charge >= 0.3 is 17.9 Å². The average Bonchev–Trinajstić information content (AvgIpc) is 3.30. The summed E-state index contributed by atoms with van der Waals surface area (Å²) < 4.78 is 34.3. The molecule has 1 aliphatic rings. The molecular weight excluding hydrogens is 672 g/mol. The van der Waals surface area contributed by atoms with Gasteiger partial charge in [-0.2, -0.15) is 0 Å². The first-order valence-electron chi connectivity index (χ1n) is 13.7. The molecule has 0 aliphatic carbocycles. The number of methoxy groups -OCH3 is 2. The average molecular weight is 704 g/mol. The number of fused-ring (bicyclic) bond motifs is 1. The molecule has 238 valence electrons. The first-order valence-corrected chi connectivity index (χ1v) is 15.4. The van der Waals surface area contributed by atoms with E-state index in [1.165, 1.54) is 25.7 Å². The standard InChI is InChI=1S/C31H31BrN2O10S/c1-7-41-22-14-19(9-10-21(22)43-15-25(36)40-6)27-26(30(38)42-8-2)16(3)33-31-34(27)29(37)24(45-31)13-18-11-20(32)28(44-17(4)35)23(12-18)39-5/h9-14,27H,7-8,15H2,1-6H3/b24-13+/t27-/m0/s1. The highest BCUT2D eigenvalue weighted by molar-refractivity contribution is 9.10.